The molecule has 144 valence electrons. The van der Waals surface area contributed by atoms with Gasteiger partial charge in [-0.05, 0) is 24.3 Å². The molecule has 8 nitrogen and oxygen atoms in total. The van der Waals surface area contributed by atoms with Gasteiger partial charge in [0.05, 0.1) is 39.4 Å². The summed E-state index contributed by atoms with van der Waals surface area (Å²) in [5, 5.41) is 9.52. The first kappa shape index (κ1) is 19.7. The van der Waals surface area contributed by atoms with Crippen LogP contribution in [0.1, 0.15) is 10.4 Å². The molecule has 1 saturated heterocycles. The molecule has 1 aliphatic rings. The van der Waals surface area contributed by atoms with Gasteiger partial charge in [-0.1, -0.05) is 23.2 Å². The number of rotatable bonds is 5. The number of hydrogen-bond donors (Lipinski definition) is 2. The van der Waals surface area contributed by atoms with Crippen molar-refractivity contribution in [2.24, 2.45) is 0 Å². The van der Waals surface area contributed by atoms with Crippen molar-refractivity contribution in [1.29, 1.82) is 0 Å². The van der Waals surface area contributed by atoms with E-state index in [1.165, 1.54) is 30.5 Å². The number of halogens is 2. The summed E-state index contributed by atoms with van der Waals surface area (Å²) < 4.78 is 33.2. The predicted octanol–water partition coefficient (Wildman–Crippen LogP) is 2.72. The standard InChI is InChI=1S/C16H15Cl2N3O5S/c17-12-2-1-11(8-13(12)18)27(24,25)20-14-7-10(16(22)23)9-19-15(14)21-3-5-26-6-4-21/h1-2,7-9,20H,3-6H2,(H,22,23). The molecule has 1 aliphatic heterocycles. The molecule has 1 fully saturated rings. The molecule has 0 bridgehead atoms. The topological polar surface area (TPSA) is 109 Å². The zero-order chi connectivity index (χ0) is 19.6. The Morgan fingerprint density at radius 1 is 1.19 bits per heavy atom. The van der Waals surface area contributed by atoms with Gasteiger partial charge in [-0.3, -0.25) is 4.72 Å². The lowest BCUT2D eigenvalue weighted by Crippen LogP contribution is -2.37. The maximum atomic E-state index is 12.8. The Hall–Kier alpha value is -2.07. The number of nitrogens with zero attached hydrogens (tertiary/aromatic N) is 2. The number of benzene rings is 1. The van der Waals surface area contributed by atoms with Crippen molar-refractivity contribution in [2.75, 3.05) is 35.9 Å². The van der Waals surface area contributed by atoms with Crippen molar-refractivity contribution in [3.8, 4) is 0 Å². The van der Waals surface area contributed by atoms with Crippen LogP contribution in [0.5, 0.6) is 0 Å². The number of hydrogen-bond acceptors (Lipinski definition) is 6. The van der Waals surface area contributed by atoms with Gasteiger partial charge >= 0.3 is 5.97 Å². The van der Waals surface area contributed by atoms with Gasteiger partial charge in [-0.15, -0.1) is 0 Å². The highest BCUT2D eigenvalue weighted by Crippen LogP contribution is 2.30. The highest BCUT2D eigenvalue weighted by atomic mass is 35.5. The van der Waals surface area contributed by atoms with E-state index in [1.807, 2.05) is 4.90 Å². The molecule has 11 heteroatoms. The van der Waals surface area contributed by atoms with Crippen LogP contribution in [0.15, 0.2) is 35.4 Å². The molecule has 2 N–H and O–H groups in total. The highest BCUT2D eigenvalue weighted by molar-refractivity contribution is 7.92. The van der Waals surface area contributed by atoms with E-state index in [0.717, 1.165) is 0 Å². The first-order chi connectivity index (χ1) is 12.8. The number of anilines is 2. The summed E-state index contributed by atoms with van der Waals surface area (Å²) in [6.07, 6.45) is 1.18. The van der Waals surface area contributed by atoms with Crippen LogP contribution >= 0.6 is 23.2 Å². The summed E-state index contributed by atoms with van der Waals surface area (Å²) in [5.74, 6) is -0.891. The third-order valence-corrected chi connectivity index (χ3v) is 5.97. The lowest BCUT2D eigenvalue weighted by atomic mass is 10.2. The van der Waals surface area contributed by atoms with Crippen molar-refractivity contribution in [3.05, 3.63) is 46.1 Å². The molecule has 27 heavy (non-hydrogen) atoms. The number of carbonyl (C=O) groups is 1. The van der Waals surface area contributed by atoms with E-state index in [4.69, 9.17) is 27.9 Å². The van der Waals surface area contributed by atoms with E-state index in [-0.39, 0.29) is 26.2 Å². The Kier molecular flexibility index (Phi) is 5.75. The molecular weight excluding hydrogens is 417 g/mol. The molecule has 2 heterocycles. The van der Waals surface area contributed by atoms with Gasteiger partial charge < -0.3 is 14.7 Å². The Bertz CT molecular complexity index is 978. The minimum Gasteiger partial charge on any atom is -0.478 e. The SMILES string of the molecule is O=C(O)c1cnc(N2CCOCC2)c(NS(=O)(=O)c2ccc(Cl)c(Cl)c2)c1. The minimum atomic E-state index is -4.04. The van der Waals surface area contributed by atoms with Gasteiger partial charge in [0.1, 0.15) is 0 Å². The quantitative estimate of drug-likeness (QED) is 0.748. The molecule has 0 saturated carbocycles. The molecule has 0 aliphatic carbocycles. The number of carboxylic acid groups (broad SMARTS) is 1. The Morgan fingerprint density at radius 3 is 2.52 bits per heavy atom. The number of ether oxygens (including phenoxy) is 1. The van der Waals surface area contributed by atoms with E-state index in [0.29, 0.717) is 32.1 Å². The first-order valence-electron chi connectivity index (χ1n) is 7.82. The number of sulfonamides is 1. The molecule has 1 aromatic carbocycles. The molecule has 0 spiro atoms. The van der Waals surface area contributed by atoms with E-state index in [9.17, 15) is 18.3 Å². The maximum Gasteiger partial charge on any atom is 0.337 e. The lowest BCUT2D eigenvalue weighted by Gasteiger charge is -2.29. The van der Waals surface area contributed by atoms with E-state index < -0.39 is 16.0 Å². The second-order valence-electron chi connectivity index (χ2n) is 5.68. The van der Waals surface area contributed by atoms with Crippen LogP contribution in [0.2, 0.25) is 10.0 Å². The third kappa shape index (κ3) is 4.44. The number of morpholine rings is 1. The summed E-state index contributed by atoms with van der Waals surface area (Å²) in [6.45, 7) is 1.92. The molecule has 1 aromatic heterocycles. The Balaban J connectivity index is 2.01. The second-order valence-corrected chi connectivity index (χ2v) is 8.18. The number of carboxylic acids is 1. The third-order valence-electron chi connectivity index (χ3n) is 3.87. The monoisotopic (exact) mass is 431 g/mol. The first-order valence-corrected chi connectivity index (χ1v) is 10.1. The highest BCUT2D eigenvalue weighted by Gasteiger charge is 2.23. The molecule has 0 atom stereocenters. The summed E-state index contributed by atoms with van der Waals surface area (Å²) in [5.41, 5.74) is -0.0817. The van der Waals surface area contributed by atoms with Crippen molar-refractivity contribution >= 4 is 50.7 Å². The Labute approximate surface area is 165 Å². The second kappa shape index (κ2) is 7.89. The summed E-state index contributed by atoms with van der Waals surface area (Å²) in [6, 6.07) is 5.12. The van der Waals surface area contributed by atoms with Gasteiger partial charge in [-0.25, -0.2) is 18.2 Å². The van der Waals surface area contributed by atoms with Crippen LogP contribution in [-0.4, -0.2) is 50.8 Å². The van der Waals surface area contributed by atoms with E-state index >= 15 is 0 Å². The van der Waals surface area contributed by atoms with Gasteiger partial charge in [0, 0.05) is 19.3 Å². The summed E-state index contributed by atoms with van der Waals surface area (Å²) in [4.78, 5) is 17.1. The van der Waals surface area contributed by atoms with Crippen LogP contribution in [-0.2, 0) is 14.8 Å². The van der Waals surface area contributed by atoms with Crippen molar-refractivity contribution in [3.63, 3.8) is 0 Å². The average Bonchev–Trinajstić information content (AvgIpc) is 2.64. The molecule has 3 rings (SSSR count). The molecular formula is C16H15Cl2N3O5S. The normalized spacial score (nSPS) is 14.8. The van der Waals surface area contributed by atoms with Crippen molar-refractivity contribution in [2.45, 2.75) is 4.90 Å². The van der Waals surface area contributed by atoms with Crippen molar-refractivity contribution in [1.82, 2.24) is 4.98 Å². The molecule has 0 radical (unpaired) electrons. The summed E-state index contributed by atoms with van der Waals surface area (Å²) >= 11 is 11.7. The number of pyridine rings is 1. The summed E-state index contributed by atoms with van der Waals surface area (Å²) in [7, 11) is -4.04. The van der Waals surface area contributed by atoms with Crippen LogP contribution in [0.3, 0.4) is 0 Å². The smallest absolute Gasteiger partial charge is 0.337 e. The average molecular weight is 432 g/mol. The van der Waals surface area contributed by atoms with Crippen LogP contribution in [0.4, 0.5) is 11.5 Å². The lowest BCUT2D eigenvalue weighted by molar-refractivity contribution is 0.0696. The van der Waals surface area contributed by atoms with Crippen LogP contribution in [0.25, 0.3) is 0 Å². The largest absolute Gasteiger partial charge is 0.478 e. The van der Waals surface area contributed by atoms with E-state index in [2.05, 4.69) is 9.71 Å². The maximum absolute atomic E-state index is 12.8. The molecule has 2 aromatic rings. The van der Waals surface area contributed by atoms with Gasteiger partial charge in [0.25, 0.3) is 10.0 Å². The number of aromatic carboxylic acids is 1. The van der Waals surface area contributed by atoms with E-state index in [1.54, 1.807) is 0 Å². The van der Waals surface area contributed by atoms with Crippen molar-refractivity contribution < 1.29 is 23.1 Å². The zero-order valence-electron chi connectivity index (χ0n) is 13.9. The molecule has 0 amide bonds. The minimum absolute atomic E-state index is 0.0582. The zero-order valence-corrected chi connectivity index (χ0v) is 16.2. The predicted molar refractivity (Wildman–Crippen MR) is 101 cm³/mol. The fraction of sp³-hybridized carbons (Fsp3) is 0.250. The van der Waals surface area contributed by atoms with Crippen LogP contribution in [0, 0.1) is 0 Å². The fourth-order valence-electron chi connectivity index (χ4n) is 2.52. The number of nitrogens with one attached hydrogen (secondary N) is 1. The van der Waals surface area contributed by atoms with Gasteiger partial charge in [0.2, 0.25) is 0 Å². The fourth-order valence-corrected chi connectivity index (χ4v) is 3.97. The van der Waals surface area contributed by atoms with Gasteiger partial charge in [-0.2, -0.15) is 0 Å². The van der Waals surface area contributed by atoms with Crippen LogP contribution < -0.4 is 9.62 Å². The van der Waals surface area contributed by atoms with Gasteiger partial charge in [0.15, 0.2) is 5.82 Å². The Morgan fingerprint density at radius 2 is 1.89 bits per heavy atom. The number of aromatic nitrogens is 1. The molecule has 0 unspecified atom stereocenters.